The molecule has 0 saturated heterocycles. The molecule has 0 saturated carbocycles. The van der Waals surface area contributed by atoms with E-state index in [0.29, 0.717) is 0 Å². The van der Waals surface area contributed by atoms with Gasteiger partial charge in [0.15, 0.2) is 0 Å². The molecule has 0 spiro atoms. The van der Waals surface area contributed by atoms with Gasteiger partial charge in [0.1, 0.15) is 6.61 Å². The Balaban J connectivity index is 1.88. The Kier molecular flexibility index (Phi) is 3.43. The molecule has 1 atom stereocenters. The maximum Gasteiger partial charge on any atom is 0.245 e. The number of nitrogens with one attached hydrogen (secondary N) is 1. The lowest BCUT2D eigenvalue weighted by Gasteiger charge is -2.10. The Morgan fingerprint density at radius 3 is 3.00 bits per heavy atom. The van der Waals surface area contributed by atoms with Gasteiger partial charge in [0.2, 0.25) is 5.91 Å². The summed E-state index contributed by atoms with van der Waals surface area (Å²) in [5.41, 5.74) is 10.3. The van der Waals surface area contributed by atoms with Crippen molar-refractivity contribution < 1.29 is 9.63 Å². The zero-order chi connectivity index (χ0) is 11.5. The molecule has 1 amide bonds. The maximum absolute atomic E-state index is 10.5. The minimum atomic E-state index is -0.481. The van der Waals surface area contributed by atoms with Gasteiger partial charge < -0.3 is 5.73 Å². The molecule has 5 heteroatoms. The number of hydrogen-bond acceptors (Lipinski definition) is 3. The number of benzene rings is 1. The lowest BCUT2D eigenvalue weighted by atomic mass is 10.1. The van der Waals surface area contributed by atoms with E-state index in [0.717, 1.165) is 17.9 Å². The highest BCUT2D eigenvalue weighted by molar-refractivity contribution is 6.30. The number of halogens is 1. The highest BCUT2D eigenvalue weighted by Gasteiger charge is 2.21. The van der Waals surface area contributed by atoms with E-state index in [1.807, 2.05) is 18.2 Å². The van der Waals surface area contributed by atoms with E-state index in [9.17, 15) is 4.79 Å². The molecule has 0 radical (unpaired) electrons. The predicted octanol–water partition coefficient (Wildman–Crippen LogP) is 0.814. The average molecular weight is 241 g/mol. The smallest absolute Gasteiger partial charge is 0.245 e. The Bertz CT molecular complexity index is 409. The van der Waals surface area contributed by atoms with Crippen LogP contribution in [0.1, 0.15) is 11.1 Å². The Morgan fingerprint density at radius 2 is 2.25 bits per heavy atom. The van der Waals surface area contributed by atoms with Gasteiger partial charge in [-0.05, 0) is 36.1 Å². The molecule has 4 nitrogen and oxygen atoms in total. The fourth-order valence-corrected chi connectivity index (χ4v) is 2.10. The van der Waals surface area contributed by atoms with Crippen LogP contribution in [0.2, 0.25) is 5.02 Å². The molecule has 1 aliphatic rings. The van der Waals surface area contributed by atoms with Gasteiger partial charge in [-0.15, -0.1) is 0 Å². The normalized spacial score (nSPS) is 18.4. The zero-order valence-electron chi connectivity index (χ0n) is 8.70. The summed E-state index contributed by atoms with van der Waals surface area (Å²) >= 11 is 5.90. The van der Waals surface area contributed by atoms with Gasteiger partial charge in [-0.1, -0.05) is 17.7 Å². The summed E-state index contributed by atoms with van der Waals surface area (Å²) in [6, 6.07) is 6.06. The Morgan fingerprint density at radius 1 is 1.50 bits per heavy atom. The van der Waals surface area contributed by atoms with E-state index in [1.54, 1.807) is 0 Å². The molecule has 0 fully saturated rings. The van der Waals surface area contributed by atoms with E-state index in [1.165, 1.54) is 11.1 Å². The van der Waals surface area contributed by atoms with E-state index in [2.05, 4.69) is 5.48 Å². The summed E-state index contributed by atoms with van der Waals surface area (Å²) in [7, 11) is 0. The van der Waals surface area contributed by atoms with Crippen molar-refractivity contribution in [2.75, 3.05) is 6.61 Å². The van der Waals surface area contributed by atoms with Gasteiger partial charge in [0.05, 0.1) is 0 Å². The summed E-state index contributed by atoms with van der Waals surface area (Å²) < 4.78 is 0. The van der Waals surface area contributed by atoms with Crippen LogP contribution in [-0.4, -0.2) is 18.6 Å². The van der Waals surface area contributed by atoms with Crippen molar-refractivity contribution in [3.63, 3.8) is 0 Å². The summed E-state index contributed by atoms with van der Waals surface area (Å²) in [6.07, 6.45) is 1.74. The van der Waals surface area contributed by atoms with Gasteiger partial charge in [-0.3, -0.25) is 9.63 Å². The number of amides is 1. The molecule has 1 aromatic rings. The van der Waals surface area contributed by atoms with Crippen molar-refractivity contribution in [1.82, 2.24) is 5.48 Å². The summed E-state index contributed by atoms with van der Waals surface area (Å²) in [5, 5.41) is 0.748. The maximum atomic E-state index is 10.5. The fraction of sp³-hybridized carbons (Fsp3) is 0.364. The van der Waals surface area contributed by atoms with Crippen LogP contribution in [0, 0.1) is 0 Å². The van der Waals surface area contributed by atoms with E-state index < -0.39 is 5.91 Å². The van der Waals surface area contributed by atoms with Crippen LogP contribution in [0.5, 0.6) is 0 Å². The van der Waals surface area contributed by atoms with Gasteiger partial charge in [0.25, 0.3) is 0 Å². The van der Waals surface area contributed by atoms with Crippen LogP contribution in [0.25, 0.3) is 0 Å². The van der Waals surface area contributed by atoms with E-state index in [4.69, 9.17) is 22.2 Å². The monoisotopic (exact) mass is 240 g/mol. The lowest BCUT2D eigenvalue weighted by Crippen LogP contribution is -2.33. The topological polar surface area (TPSA) is 64.4 Å². The van der Waals surface area contributed by atoms with Gasteiger partial charge in [0, 0.05) is 11.1 Å². The summed E-state index contributed by atoms with van der Waals surface area (Å²) in [5.74, 6) is -0.481. The molecule has 0 aliphatic heterocycles. The second-order valence-corrected chi connectivity index (χ2v) is 4.33. The molecule has 86 valence electrons. The molecule has 1 aromatic carbocycles. The zero-order valence-corrected chi connectivity index (χ0v) is 9.46. The van der Waals surface area contributed by atoms with Crippen LogP contribution >= 0.6 is 11.6 Å². The highest BCUT2D eigenvalue weighted by atomic mass is 35.5. The van der Waals surface area contributed by atoms with Crippen molar-refractivity contribution in [3.05, 3.63) is 34.3 Å². The molecule has 0 aromatic heterocycles. The lowest BCUT2D eigenvalue weighted by molar-refractivity contribution is -0.126. The SMILES string of the molecule is NC(=O)CONC1Cc2ccc(Cl)cc2C1. The minimum Gasteiger partial charge on any atom is -0.368 e. The Hall–Kier alpha value is -1.10. The molecule has 1 unspecified atom stereocenters. The van der Waals surface area contributed by atoms with Crippen LogP contribution < -0.4 is 11.2 Å². The fourth-order valence-electron chi connectivity index (χ4n) is 1.90. The number of primary amides is 1. The first-order valence-electron chi connectivity index (χ1n) is 5.08. The van der Waals surface area contributed by atoms with Gasteiger partial charge in [-0.2, -0.15) is 5.48 Å². The van der Waals surface area contributed by atoms with Crippen molar-refractivity contribution in [3.8, 4) is 0 Å². The van der Waals surface area contributed by atoms with Crippen LogP contribution in [0.3, 0.4) is 0 Å². The number of fused-ring (bicyclic) bond motifs is 1. The Labute approximate surface area is 98.7 Å². The number of carbonyl (C=O) groups is 1. The highest BCUT2D eigenvalue weighted by Crippen LogP contribution is 2.25. The summed E-state index contributed by atoms with van der Waals surface area (Å²) in [6.45, 7) is -0.104. The van der Waals surface area contributed by atoms with Crippen LogP contribution in [0.15, 0.2) is 18.2 Å². The molecular weight excluding hydrogens is 228 g/mol. The quantitative estimate of drug-likeness (QED) is 0.766. The number of carbonyl (C=O) groups excluding carboxylic acids is 1. The predicted molar refractivity (Wildman–Crippen MR) is 60.9 cm³/mol. The molecule has 0 bridgehead atoms. The molecule has 3 N–H and O–H groups in total. The van der Waals surface area contributed by atoms with Crippen molar-refractivity contribution in [2.24, 2.45) is 5.73 Å². The van der Waals surface area contributed by atoms with Gasteiger partial charge in [-0.25, -0.2) is 0 Å². The number of nitrogens with two attached hydrogens (primary N) is 1. The van der Waals surface area contributed by atoms with Crippen LogP contribution in [0.4, 0.5) is 0 Å². The van der Waals surface area contributed by atoms with Crippen LogP contribution in [-0.2, 0) is 22.5 Å². The molecule has 2 rings (SSSR count). The van der Waals surface area contributed by atoms with Crippen molar-refractivity contribution >= 4 is 17.5 Å². The van der Waals surface area contributed by atoms with E-state index >= 15 is 0 Å². The molecule has 0 heterocycles. The largest absolute Gasteiger partial charge is 0.368 e. The number of hydroxylamine groups is 1. The second kappa shape index (κ2) is 4.82. The second-order valence-electron chi connectivity index (χ2n) is 3.89. The first-order chi connectivity index (χ1) is 7.65. The third-order valence-electron chi connectivity index (χ3n) is 2.57. The van der Waals surface area contributed by atoms with Crippen molar-refractivity contribution in [1.29, 1.82) is 0 Å². The number of hydrogen-bond donors (Lipinski definition) is 2. The standard InChI is InChI=1S/C11H13ClN2O2/c12-9-2-1-7-4-10(5-8(7)3-9)14-16-6-11(13)15/h1-3,10,14H,4-6H2,(H2,13,15). The third-order valence-corrected chi connectivity index (χ3v) is 2.80. The third kappa shape index (κ3) is 2.72. The molecule has 1 aliphatic carbocycles. The minimum absolute atomic E-state index is 0.104. The number of rotatable bonds is 4. The van der Waals surface area contributed by atoms with Gasteiger partial charge >= 0.3 is 0 Å². The molecule has 16 heavy (non-hydrogen) atoms. The molecular formula is C11H13ClN2O2. The first-order valence-corrected chi connectivity index (χ1v) is 5.46. The summed E-state index contributed by atoms with van der Waals surface area (Å²) in [4.78, 5) is 15.5. The van der Waals surface area contributed by atoms with E-state index in [-0.39, 0.29) is 12.6 Å². The average Bonchev–Trinajstić information content (AvgIpc) is 2.58. The van der Waals surface area contributed by atoms with Crippen molar-refractivity contribution in [2.45, 2.75) is 18.9 Å². The first kappa shape index (κ1) is 11.4.